The van der Waals surface area contributed by atoms with Gasteiger partial charge in [-0.2, -0.15) is 0 Å². The highest BCUT2D eigenvalue weighted by Gasteiger charge is 2.10. The fraction of sp³-hybridized carbons (Fsp3) is 0.294. The highest BCUT2D eigenvalue weighted by molar-refractivity contribution is 5.69. The van der Waals surface area contributed by atoms with Gasteiger partial charge in [-0.25, -0.2) is 0 Å². The van der Waals surface area contributed by atoms with Crippen molar-refractivity contribution in [1.29, 1.82) is 0 Å². The molecule has 0 bridgehead atoms. The van der Waals surface area contributed by atoms with Gasteiger partial charge in [-0.1, -0.05) is 43.3 Å². The number of benzene rings is 2. The lowest BCUT2D eigenvalue weighted by atomic mass is 9.95. The Hall–Kier alpha value is -1.80. The first-order chi connectivity index (χ1) is 9.26. The molecule has 2 aromatic rings. The topological polar surface area (TPSA) is 21.3 Å². The minimum atomic E-state index is 0.340. The van der Waals surface area contributed by atoms with Crippen LogP contribution in [0.2, 0.25) is 0 Å². The molecule has 1 N–H and O–H groups in total. The first-order valence-corrected chi connectivity index (χ1v) is 6.73. The van der Waals surface area contributed by atoms with E-state index in [4.69, 9.17) is 4.74 Å². The lowest BCUT2D eigenvalue weighted by molar-refractivity contribution is 0.415. The number of rotatable bonds is 5. The van der Waals surface area contributed by atoms with E-state index in [-0.39, 0.29) is 0 Å². The normalized spacial score (nSPS) is 12.2. The maximum absolute atomic E-state index is 5.31. The fourth-order valence-electron chi connectivity index (χ4n) is 2.34. The molecule has 0 aliphatic rings. The number of hydrogen-bond donors (Lipinski definition) is 1. The van der Waals surface area contributed by atoms with Crippen molar-refractivity contribution in [2.45, 2.75) is 19.9 Å². The van der Waals surface area contributed by atoms with Crippen LogP contribution in [0.1, 0.15) is 25.5 Å². The van der Waals surface area contributed by atoms with E-state index in [1.807, 2.05) is 12.1 Å². The van der Waals surface area contributed by atoms with Crippen molar-refractivity contribution in [3.63, 3.8) is 0 Å². The molecule has 1 atom stereocenters. The number of ether oxygens (including phenoxy) is 1. The summed E-state index contributed by atoms with van der Waals surface area (Å²) in [4.78, 5) is 0. The van der Waals surface area contributed by atoms with Crippen molar-refractivity contribution >= 4 is 0 Å². The van der Waals surface area contributed by atoms with Crippen LogP contribution in [0.5, 0.6) is 5.75 Å². The molecule has 1 unspecified atom stereocenters. The van der Waals surface area contributed by atoms with E-state index >= 15 is 0 Å². The highest BCUT2D eigenvalue weighted by Crippen LogP contribution is 2.30. The van der Waals surface area contributed by atoms with Gasteiger partial charge < -0.3 is 10.1 Å². The lowest BCUT2D eigenvalue weighted by Gasteiger charge is -2.17. The Bertz CT molecular complexity index is 536. The summed E-state index contributed by atoms with van der Waals surface area (Å²) in [6.45, 7) is 5.29. The number of hydrogen-bond acceptors (Lipinski definition) is 2. The maximum atomic E-state index is 5.31. The Morgan fingerprint density at radius 3 is 2.63 bits per heavy atom. The van der Waals surface area contributed by atoms with Crippen LogP contribution in [0.4, 0.5) is 0 Å². The molecule has 2 nitrogen and oxygen atoms in total. The van der Waals surface area contributed by atoms with Gasteiger partial charge in [0.1, 0.15) is 5.75 Å². The van der Waals surface area contributed by atoms with Gasteiger partial charge in [0.15, 0.2) is 0 Å². The first kappa shape index (κ1) is 13.6. The molecular formula is C17H21NO. The molecule has 0 radical (unpaired) electrons. The van der Waals surface area contributed by atoms with E-state index in [2.05, 4.69) is 55.6 Å². The van der Waals surface area contributed by atoms with Gasteiger partial charge in [-0.3, -0.25) is 0 Å². The molecule has 0 spiro atoms. The highest BCUT2D eigenvalue weighted by atomic mass is 16.5. The predicted molar refractivity (Wildman–Crippen MR) is 80.5 cm³/mol. The summed E-state index contributed by atoms with van der Waals surface area (Å²) in [6, 6.07) is 17.1. The SMILES string of the molecule is CCNC(C)c1ccccc1-c1cccc(OC)c1. The maximum Gasteiger partial charge on any atom is 0.119 e. The van der Waals surface area contributed by atoms with Gasteiger partial charge in [0.25, 0.3) is 0 Å². The average Bonchev–Trinajstić information content (AvgIpc) is 2.47. The van der Waals surface area contributed by atoms with Crippen LogP contribution < -0.4 is 10.1 Å². The first-order valence-electron chi connectivity index (χ1n) is 6.73. The van der Waals surface area contributed by atoms with E-state index in [0.29, 0.717) is 6.04 Å². The second-order valence-corrected chi connectivity index (χ2v) is 4.60. The summed E-state index contributed by atoms with van der Waals surface area (Å²) in [6.07, 6.45) is 0. The van der Waals surface area contributed by atoms with Crippen LogP contribution in [-0.4, -0.2) is 13.7 Å². The molecule has 0 fully saturated rings. The van der Waals surface area contributed by atoms with E-state index < -0.39 is 0 Å². The van der Waals surface area contributed by atoms with Gasteiger partial charge in [-0.05, 0) is 42.3 Å². The quantitative estimate of drug-likeness (QED) is 0.871. The van der Waals surface area contributed by atoms with E-state index in [9.17, 15) is 0 Å². The second kappa shape index (κ2) is 6.39. The summed E-state index contributed by atoms with van der Waals surface area (Å²) in [7, 11) is 1.70. The summed E-state index contributed by atoms with van der Waals surface area (Å²) in [5.41, 5.74) is 3.77. The zero-order valence-electron chi connectivity index (χ0n) is 11.8. The molecule has 100 valence electrons. The van der Waals surface area contributed by atoms with Gasteiger partial charge >= 0.3 is 0 Å². The monoisotopic (exact) mass is 255 g/mol. The molecule has 0 amide bonds. The lowest BCUT2D eigenvalue weighted by Crippen LogP contribution is -2.18. The number of methoxy groups -OCH3 is 1. The minimum absolute atomic E-state index is 0.340. The van der Waals surface area contributed by atoms with Crippen molar-refractivity contribution in [3.05, 3.63) is 54.1 Å². The van der Waals surface area contributed by atoms with Gasteiger partial charge in [0.2, 0.25) is 0 Å². The minimum Gasteiger partial charge on any atom is -0.497 e. The molecular weight excluding hydrogens is 234 g/mol. The van der Waals surface area contributed by atoms with Gasteiger partial charge in [0, 0.05) is 6.04 Å². The number of nitrogens with one attached hydrogen (secondary N) is 1. The van der Waals surface area contributed by atoms with Gasteiger partial charge in [0.05, 0.1) is 7.11 Å². The van der Waals surface area contributed by atoms with Crippen LogP contribution in [0.25, 0.3) is 11.1 Å². The molecule has 19 heavy (non-hydrogen) atoms. The molecule has 0 aromatic heterocycles. The Morgan fingerprint density at radius 2 is 1.89 bits per heavy atom. The van der Waals surface area contributed by atoms with Crippen LogP contribution in [0, 0.1) is 0 Å². The third-order valence-electron chi connectivity index (χ3n) is 3.32. The van der Waals surface area contributed by atoms with Crippen LogP contribution in [0.3, 0.4) is 0 Å². The molecule has 0 aliphatic heterocycles. The van der Waals surface area contributed by atoms with Crippen molar-refractivity contribution in [2.24, 2.45) is 0 Å². The van der Waals surface area contributed by atoms with Crippen LogP contribution in [0.15, 0.2) is 48.5 Å². The van der Waals surface area contributed by atoms with Crippen LogP contribution in [-0.2, 0) is 0 Å². The van der Waals surface area contributed by atoms with E-state index in [0.717, 1.165) is 12.3 Å². The standard InChI is InChI=1S/C17H21NO/c1-4-18-13(2)16-10-5-6-11-17(16)14-8-7-9-15(12-14)19-3/h5-13,18H,4H2,1-3H3. The second-order valence-electron chi connectivity index (χ2n) is 4.60. The van der Waals surface area contributed by atoms with Gasteiger partial charge in [-0.15, -0.1) is 0 Å². The molecule has 2 aromatic carbocycles. The summed E-state index contributed by atoms with van der Waals surface area (Å²) < 4.78 is 5.31. The Balaban J connectivity index is 2.43. The smallest absolute Gasteiger partial charge is 0.119 e. The average molecular weight is 255 g/mol. The summed E-state index contributed by atoms with van der Waals surface area (Å²) >= 11 is 0. The summed E-state index contributed by atoms with van der Waals surface area (Å²) in [5, 5.41) is 3.47. The Kier molecular flexibility index (Phi) is 4.58. The molecule has 0 heterocycles. The third-order valence-corrected chi connectivity index (χ3v) is 3.32. The van der Waals surface area contributed by atoms with Crippen molar-refractivity contribution in [2.75, 3.05) is 13.7 Å². The molecule has 0 saturated heterocycles. The van der Waals surface area contributed by atoms with E-state index in [1.54, 1.807) is 7.11 Å². The molecule has 2 heteroatoms. The fourth-order valence-corrected chi connectivity index (χ4v) is 2.34. The summed E-state index contributed by atoms with van der Waals surface area (Å²) in [5.74, 6) is 0.892. The van der Waals surface area contributed by atoms with Crippen molar-refractivity contribution in [3.8, 4) is 16.9 Å². The Morgan fingerprint density at radius 1 is 1.11 bits per heavy atom. The zero-order valence-corrected chi connectivity index (χ0v) is 11.8. The Labute approximate surface area is 115 Å². The molecule has 0 aliphatic carbocycles. The van der Waals surface area contributed by atoms with Crippen molar-refractivity contribution in [1.82, 2.24) is 5.32 Å². The van der Waals surface area contributed by atoms with Crippen LogP contribution >= 0.6 is 0 Å². The molecule has 0 saturated carbocycles. The predicted octanol–water partition coefficient (Wildman–Crippen LogP) is 4.03. The molecule has 2 rings (SSSR count). The third kappa shape index (κ3) is 3.15. The van der Waals surface area contributed by atoms with Crippen molar-refractivity contribution < 1.29 is 4.74 Å². The zero-order chi connectivity index (χ0) is 13.7. The largest absolute Gasteiger partial charge is 0.497 e. The van der Waals surface area contributed by atoms with E-state index in [1.165, 1.54) is 16.7 Å².